The highest BCUT2D eigenvalue weighted by molar-refractivity contribution is 7.11. The molecule has 3 atom stereocenters. The summed E-state index contributed by atoms with van der Waals surface area (Å²) < 4.78 is 65.4. The molecule has 2 saturated heterocycles. The predicted molar refractivity (Wildman–Crippen MR) is 159 cm³/mol. The molecule has 2 aromatic rings. The first-order valence-corrected chi connectivity index (χ1v) is 15.4. The molecule has 0 aliphatic carbocycles. The summed E-state index contributed by atoms with van der Waals surface area (Å²) in [5.41, 5.74) is -1.37. The molecule has 0 radical (unpaired) electrons. The summed E-state index contributed by atoms with van der Waals surface area (Å²) in [4.78, 5) is 47.8. The van der Waals surface area contributed by atoms with Crippen molar-refractivity contribution in [1.82, 2.24) is 25.2 Å². The van der Waals surface area contributed by atoms with E-state index < -0.39 is 70.5 Å². The molecule has 2 N–H and O–H groups in total. The van der Waals surface area contributed by atoms with Crippen LogP contribution in [0.1, 0.15) is 43.8 Å². The Bertz CT molecular complexity index is 1620. The minimum atomic E-state index is -3.35. The molecule has 46 heavy (non-hydrogen) atoms. The molecule has 1 aromatic carbocycles. The number of benzene rings is 1. The number of hydrogen-bond donors (Lipinski definition) is 2. The number of aliphatic imine (C=N–C) groups is 1. The highest BCUT2D eigenvalue weighted by Gasteiger charge is 2.62. The summed E-state index contributed by atoms with van der Waals surface area (Å²) in [5, 5.41) is 16.4. The number of carbonyl (C=O) groups is 3. The number of nitrogens with one attached hydrogen (secondary N) is 1. The molecule has 5 rings (SSSR count). The number of likely N-dealkylation sites (tertiary alicyclic amines) is 1. The lowest BCUT2D eigenvalue weighted by Gasteiger charge is -2.35. The van der Waals surface area contributed by atoms with Gasteiger partial charge in [0, 0.05) is 42.9 Å². The predicted octanol–water partition coefficient (Wildman–Crippen LogP) is 3.86. The number of halogens is 5. The van der Waals surface area contributed by atoms with E-state index in [0.717, 1.165) is 13.2 Å². The van der Waals surface area contributed by atoms with Gasteiger partial charge in [0.25, 0.3) is 5.92 Å². The topological polar surface area (TPSA) is 128 Å². The first kappa shape index (κ1) is 33.8. The van der Waals surface area contributed by atoms with Gasteiger partial charge in [0.15, 0.2) is 22.5 Å². The zero-order valence-corrected chi connectivity index (χ0v) is 26.8. The molecule has 2 fully saturated rings. The van der Waals surface area contributed by atoms with Crippen LogP contribution in [0.2, 0.25) is 5.02 Å². The van der Waals surface area contributed by atoms with Gasteiger partial charge in [0.2, 0.25) is 5.91 Å². The number of nitrogens with zero attached hydrogens (tertiary/aromatic N) is 5. The number of carboxylic acid groups (broad SMARTS) is 1. The summed E-state index contributed by atoms with van der Waals surface area (Å²) >= 11 is 7.40. The van der Waals surface area contributed by atoms with Crippen LogP contribution in [0.5, 0.6) is 0 Å². The van der Waals surface area contributed by atoms with E-state index in [1.54, 1.807) is 5.38 Å². The number of hydrazine groups is 1. The van der Waals surface area contributed by atoms with Gasteiger partial charge in [-0.15, -0.1) is 11.3 Å². The Hall–Kier alpha value is -3.60. The third-order valence-electron chi connectivity index (χ3n) is 8.47. The van der Waals surface area contributed by atoms with E-state index >= 15 is 8.78 Å². The van der Waals surface area contributed by atoms with Crippen LogP contribution in [-0.2, 0) is 19.1 Å². The highest BCUT2D eigenvalue weighted by Crippen LogP contribution is 2.44. The maximum absolute atomic E-state index is 15.9. The van der Waals surface area contributed by atoms with Crippen LogP contribution in [0.3, 0.4) is 0 Å². The number of rotatable bonds is 9. The number of methoxy groups -OCH3 is 1. The number of carbonyl (C=O) groups excluding carboxylic acids is 2. The average molecular weight is 687 g/mol. The number of thiazole rings is 1. The van der Waals surface area contributed by atoms with Gasteiger partial charge in [-0.3, -0.25) is 24.5 Å². The van der Waals surface area contributed by atoms with Crippen molar-refractivity contribution < 1.29 is 41.8 Å². The second-order valence-corrected chi connectivity index (χ2v) is 13.1. The molecule has 1 unspecified atom stereocenters. The number of amides is 1. The summed E-state index contributed by atoms with van der Waals surface area (Å²) in [6, 6.07) is -1.70. The molecule has 1 aromatic heterocycles. The fourth-order valence-electron chi connectivity index (χ4n) is 5.97. The number of ether oxygens (including phenoxy) is 1. The van der Waals surface area contributed by atoms with Crippen molar-refractivity contribution in [1.29, 1.82) is 0 Å². The Balaban J connectivity index is 1.56. The summed E-state index contributed by atoms with van der Waals surface area (Å²) in [6.07, 6.45) is 1.50. The van der Waals surface area contributed by atoms with Crippen LogP contribution in [-0.4, -0.2) is 100.0 Å². The molecule has 3 aliphatic rings. The maximum atomic E-state index is 15.9. The second-order valence-electron chi connectivity index (χ2n) is 11.9. The van der Waals surface area contributed by atoms with Gasteiger partial charge < -0.3 is 15.2 Å². The second kappa shape index (κ2) is 12.5. The number of alkyl halides is 2. The molecule has 248 valence electrons. The van der Waals surface area contributed by atoms with Crippen molar-refractivity contribution >= 4 is 46.6 Å². The van der Waals surface area contributed by atoms with Crippen LogP contribution in [0.4, 0.5) is 17.6 Å². The Morgan fingerprint density at radius 1 is 1.26 bits per heavy atom. The number of esters is 1. The van der Waals surface area contributed by atoms with Crippen LogP contribution >= 0.6 is 22.9 Å². The standard InChI is InChI=1S/C29H31ClF4N6O5S/c1-14(41)40-12-18-23(39(40)9-7-28(2,3)27(43)44)29(33,34)13-38(18)11-17-19(26(42)45-4)22(15-5-6-16(31)21(32)20(15)30)37-24(36-17)25-35-8-10-46-25/h5-6,8,10,18,22-23H,7,9,11-13H2,1-4H3,(H,36,37)(H,43,44)/t18-,22?,23+/m0/s1. The zero-order chi connectivity index (χ0) is 33.7. The lowest BCUT2D eigenvalue weighted by Crippen LogP contribution is -2.52. The maximum Gasteiger partial charge on any atom is 0.338 e. The van der Waals surface area contributed by atoms with Gasteiger partial charge in [-0.1, -0.05) is 17.7 Å². The van der Waals surface area contributed by atoms with Crippen LogP contribution < -0.4 is 5.32 Å². The number of carboxylic acids is 1. The van der Waals surface area contributed by atoms with Gasteiger partial charge in [-0.25, -0.2) is 32.3 Å². The molecule has 17 heteroatoms. The molecule has 1 amide bonds. The normalized spacial score (nSPS) is 23.3. The lowest BCUT2D eigenvalue weighted by molar-refractivity contribution is -0.156. The summed E-state index contributed by atoms with van der Waals surface area (Å²) in [7, 11) is 1.11. The van der Waals surface area contributed by atoms with E-state index in [1.165, 1.54) is 59.3 Å². The van der Waals surface area contributed by atoms with Crippen molar-refractivity contribution in [3.63, 3.8) is 0 Å². The third kappa shape index (κ3) is 6.10. The zero-order valence-electron chi connectivity index (χ0n) is 25.2. The average Bonchev–Trinajstić information content (AvgIpc) is 3.72. The molecule has 0 spiro atoms. The quantitative estimate of drug-likeness (QED) is 0.230. The summed E-state index contributed by atoms with van der Waals surface area (Å²) in [5.74, 6) is -8.28. The van der Waals surface area contributed by atoms with E-state index in [9.17, 15) is 28.3 Å². The molecule has 3 aliphatic heterocycles. The fourth-order valence-corrected chi connectivity index (χ4v) is 6.81. The van der Waals surface area contributed by atoms with Crippen LogP contribution in [0, 0.1) is 17.0 Å². The monoisotopic (exact) mass is 686 g/mol. The van der Waals surface area contributed by atoms with Crippen molar-refractivity contribution in [3.8, 4) is 0 Å². The lowest BCUT2D eigenvalue weighted by atomic mass is 9.89. The Kier molecular flexibility index (Phi) is 9.20. The van der Waals surface area contributed by atoms with Crippen LogP contribution in [0.25, 0.3) is 0 Å². The van der Waals surface area contributed by atoms with Crippen molar-refractivity contribution in [2.24, 2.45) is 10.4 Å². The molecular weight excluding hydrogens is 656 g/mol. The van der Waals surface area contributed by atoms with Crippen molar-refractivity contribution in [2.45, 2.75) is 51.2 Å². The van der Waals surface area contributed by atoms with Crippen molar-refractivity contribution in [2.75, 3.05) is 33.3 Å². The van der Waals surface area contributed by atoms with Gasteiger partial charge >= 0.3 is 11.9 Å². The van der Waals surface area contributed by atoms with Gasteiger partial charge in [-0.2, -0.15) is 0 Å². The van der Waals surface area contributed by atoms with E-state index in [-0.39, 0.29) is 48.7 Å². The van der Waals surface area contributed by atoms with E-state index in [1.807, 2.05) is 0 Å². The molecular formula is C29H31ClF4N6O5S. The highest BCUT2D eigenvalue weighted by atomic mass is 35.5. The number of fused-ring (bicyclic) bond motifs is 1. The largest absolute Gasteiger partial charge is 0.481 e. The van der Waals surface area contributed by atoms with E-state index in [2.05, 4.69) is 15.3 Å². The van der Waals surface area contributed by atoms with Gasteiger partial charge in [-0.05, 0) is 26.3 Å². The molecule has 0 saturated carbocycles. The fraction of sp³-hybridized carbons (Fsp3) is 0.483. The number of aliphatic carboxylic acids is 1. The molecule has 4 heterocycles. The number of aromatic nitrogens is 1. The Labute approximate surface area is 270 Å². The van der Waals surface area contributed by atoms with Gasteiger partial charge in [0.1, 0.15) is 12.1 Å². The molecule has 11 nitrogen and oxygen atoms in total. The first-order chi connectivity index (χ1) is 21.6. The number of hydrogen-bond acceptors (Lipinski definition) is 10. The van der Waals surface area contributed by atoms with Gasteiger partial charge in [0.05, 0.1) is 42.3 Å². The smallest absolute Gasteiger partial charge is 0.338 e. The SMILES string of the molecule is COC(=O)C1=C(CN2CC(F)(F)[C@H]3[C@@H]2CN(C(C)=O)N3CCC(C)(C)C(=O)O)NC(c2nccs2)=NC1c1ccc(F)c(F)c1Cl. The summed E-state index contributed by atoms with van der Waals surface area (Å²) in [6.45, 7) is 2.92. The minimum absolute atomic E-state index is 0.00504. The number of amidine groups is 1. The van der Waals surface area contributed by atoms with Crippen molar-refractivity contribution in [3.05, 3.63) is 62.2 Å². The third-order valence-corrected chi connectivity index (χ3v) is 9.63. The Morgan fingerprint density at radius 3 is 2.59 bits per heavy atom. The Morgan fingerprint density at radius 2 is 1.98 bits per heavy atom. The first-order valence-electron chi connectivity index (χ1n) is 14.2. The van der Waals surface area contributed by atoms with Crippen LogP contribution in [0.15, 0.2) is 40.0 Å². The molecule has 0 bridgehead atoms. The van der Waals surface area contributed by atoms with E-state index in [0.29, 0.717) is 5.01 Å². The van der Waals surface area contributed by atoms with E-state index in [4.69, 9.17) is 16.3 Å². The minimum Gasteiger partial charge on any atom is -0.481 e.